The molecule has 1 unspecified atom stereocenters. The minimum atomic E-state index is -0.589. The van der Waals surface area contributed by atoms with Gasteiger partial charge in [-0.2, -0.15) is 10.4 Å². The van der Waals surface area contributed by atoms with E-state index in [0.717, 1.165) is 27.6 Å². The van der Waals surface area contributed by atoms with Crippen molar-refractivity contribution >= 4 is 16.8 Å². The number of aromatic nitrogens is 2. The summed E-state index contributed by atoms with van der Waals surface area (Å²) in [7, 11) is 0. The van der Waals surface area contributed by atoms with Gasteiger partial charge in [-0.1, -0.05) is 36.4 Å². The molecule has 1 fully saturated rings. The number of fused-ring (bicyclic) bond motifs is 1. The first kappa shape index (κ1) is 17.2. The van der Waals surface area contributed by atoms with Crippen LogP contribution in [0.2, 0.25) is 0 Å². The van der Waals surface area contributed by atoms with E-state index < -0.39 is 12.1 Å². The Bertz CT molecular complexity index is 984. The lowest BCUT2D eigenvalue weighted by molar-refractivity contribution is -0.129. The van der Waals surface area contributed by atoms with Gasteiger partial charge in [0.1, 0.15) is 12.1 Å². The van der Waals surface area contributed by atoms with Crippen LogP contribution in [0.1, 0.15) is 5.56 Å². The Morgan fingerprint density at radius 1 is 1.30 bits per heavy atom. The molecule has 0 bridgehead atoms. The average molecular weight is 361 g/mol. The second kappa shape index (κ2) is 7.58. The zero-order valence-corrected chi connectivity index (χ0v) is 14.6. The van der Waals surface area contributed by atoms with Gasteiger partial charge in [0.15, 0.2) is 0 Å². The fraction of sp³-hybridized carbons (Fsp3) is 0.250. The molecule has 1 aliphatic rings. The minimum Gasteiger partial charge on any atom is -0.352 e. The molecule has 7 nitrogen and oxygen atoms in total. The molecular formula is C20H19N5O2. The fourth-order valence-electron chi connectivity index (χ4n) is 3.16. The molecule has 2 aromatic carbocycles. The number of amides is 1. The average Bonchev–Trinajstić information content (AvgIpc) is 3.39. The third-order valence-corrected chi connectivity index (χ3v) is 4.65. The van der Waals surface area contributed by atoms with Crippen LogP contribution in [-0.4, -0.2) is 41.5 Å². The molecule has 2 heterocycles. The number of benzene rings is 2. The van der Waals surface area contributed by atoms with E-state index in [1.165, 1.54) is 0 Å². The third-order valence-electron chi connectivity index (χ3n) is 4.65. The topological polar surface area (TPSA) is 103 Å². The molecule has 2 atom stereocenters. The number of H-pyrrole nitrogens is 1. The van der Waals surface area contributed by atoms with Crippen LogP contribution in [0.4, 0.5) is 0 Å². The number of carbonyl (C=O) groups is 1. The summed E-state index contributed by atoms with van der Waals surface area (Å²) in [5.74, 6) is -0.254. The summed E-state index contributed by atoms with van der Waals surface area (Å²) in [6.45, 7) is 0.834. The molecule has 136 valence electrons. The number of hydrogen-bond acceptors (Lipinski definition) is 5. The van der Waals surface area contributed by atoms with Gasteiger partial charge in [-0.3, -0.25) is 15.2 Å². The largest absolute Gasteiger partial charge is 0.352 e. The Labute approximate surface area is 156 Å². The first-order valence-electron chi connectivity index (χ1n) is 8.78. The Balaban J connectivity index is 1.43. The molecule has 1 amide bonds. The molecule has 1 saturated heterocycles. The standard InChI is InChI=1S/C20H19N5O2/c21-9-17(24-20(26)19-11-22-12-27-19)7-13-1-3-14(4-2-13)15-5-6-16-10-23-25-18(16)8-15/h1-6,8,10,17,19,22H,7,11-12H2,(H,23,25)(H,24,26)/t17-,19?/m0/s1. The highest BCUT2D eigenvalue weighted by Gasteiger charge is 2.25. The van der Waals surface area contributed by atoms with Crippen molar-refractivity contribution in [3.63, 3.8) is 0 Å². The monoisotopic (exact) mass is 361 g/mol. The number of nitrogens with one attached hydrogen (secondary N) is 3. The summed E-state index contributed by atoms with van der Waals surface area (Å²) in [5.41, 5.74) is 4.15. The molecule has 1 aliphatic heterocycles. The van der Waals surface area contributed by atoms with E-state index in [4.69, 9.17) is 4.74 Å². The van der Waals surface area contributed by atoms with E-state index >= 15 is 0 Å². The summed E-state index contributed by atoms with van der Waals surface area (Å²) in [5, 5.41) is 23.1. The number of carbonyl (C=O) groups excluding carboxylic acids is 1. The van der Waals surface area contributed by atoms with E-state index in [-0.39, 0.29) is 5.91 Å². The molecule has 3 aromatic rings. The van der Waals surface area contributed by atoms with Crippen molar-refractivity contribution in [1.82, 2.24) is 20.8 Å². The van der Waals surface area contributed by atoms with Crippen molar-refractivity contribution in [1.29, 1.82) is 5.26 Å². The molecule has 1 aromatic heterocycles. The molecule has 0 spiro atoms. The highest BCUT2D eigenvalue weighted by Crippen LogP contribution is 2.24. The third kappa shape index (κ3) is 3.82. The van der Waals surface area contributed by atoms with Crippen LogP contribution in [0, 0.1) is 11.3 Å². The molecule has 27 heavy (non-hydrogen) atoms. The maximum absolute atomic E-state index is 12.1. The first-order chi connectivity index (χ1) is 13.2. The van der Waals surface area contributed by atoms with Crippen molar-refractivity contribution in [2.75, 3.05) is 13.3 Å². The van der Waals surface area contributed by atoms with Crippen molar-refractivity contribution < 1.29 is 9.53 Å². The normalized spacial score (nSPS) is 17.5. The summed E-state index contributed by atoms with van der Waals surface area (Å²) in [4.78, 5) is 12.1. The minimum absolute atomic E-state index is 0.254. The maximum atomic E-state index is 12.1. The van der Waals surface area contributed by atoms with Crippen LogP contribution in [-0.2, 0) is 16.0 Å². The van der Waals surface area contributed by atoms with Gasteiger partial charge < -0.3 is 10.1 Å². The molecule has 0 saturated carbocycles. The zero-order chi connectivity index (χ0) is 18.6. The predicted octanol–water partition coefficient (Wildman–Crippen LogP) is 1.73. The molecule has 7 heteroatoms. The lowest BCUT2D eigenvalue weighted by atomic mass is 10.00. The van der Waals surface area contributed by atoms with Crippen LogP contribution in [0.5, 0.6) is 0 Å². The molecule has 0 aliphatic carbocycles. The van der Waals surface area contributed by atoms with Gasteiger partial charge in [-0.25, -0.2) is 0 Å². The maximum Gasteiger partial charge on any atom is 0.251 e. The van der Waals surface area contributed by atoms with Gasteiger partial charge in [0.25, 0.3) is 5.91 Å². The second-order valence-electron chi connectivity index (χ2n) is 6.52. The summed E-state index contributed by atoms with van der Waals surface area (Å²) in [6.07, 6.45) is 1.72. The smallest absolute Gasteiger partial charge is 0.251 e. The van der Waals surface area contributed by atoms with Crippen LogP contribution in [0.25, 0.3) is 22.0 Å². The number of aromatic amines is 1. The van der Waals surface area contributed by atoms with Gasteiger partial charge in [-0.15, -0.1) is 0 Å². The van der Waals surface area contributed by atoms with Crippen molar-refractivity contribution in [3.05, 3.63) is 54.2 Å². The van der Waals surface area contributed by atoms with Crippen LogP contribution in [0.15, 0.2) is 48.7 Å². The molecule has 3 N–H and O–H groups in total. The zero-order valence-electron chi connectivity index (χ0n) is 14.6. The van der Waals surface area contributed by atoms with Crippen molar-refractivity contribution in [3.8, 4) is 17.2 Å². The van der Waals surface area contributed by atoms with Crippen molar-refractivity contribution in [2.45, 2.75) is 18.6 Å². The highest BCUT2D eigenvalue weighted by atomic mass is 16.5. The second-order valence-corrected chi connectivity index (χ2v) is 6.52. The van der Waals surface area contributed by atoms with Crippen LogP contribution in [0.3, 0.4) is 0 Å². The summed E-state index contributed by atoms with van der Waals surface area (Å²) < 4.78 is 5.26. The number of ether oxygens (including phenoxy) is 1. The number of nitrogens with zero attached hydrogens (tertiary/aromatic N) is 2. The Kier molecular flexibility index (Phi) is 4.83. The number of hydrogen-bond donors (Lipinski definition) is 3. The molecule has 4 rings (SSSR count). The van der Waals surface area contributed by atoms with Gasteiger partial charge >= 0.3 is 0 Å². The molecule has 0 radical (unpaired) electrons. The van der Waals surface area contributed by atoms with E-state index in [0.29, 0.717) is 19.7 Å². The predicted molar refractivity (Wildman–Crippen MR) is 101 cm³/mol. The number of nitriles is 1. The SMILES string of the molecule is N#C[C@H](Cc1ccc(-c2ccc3cn[nH]c3c2)cc1)NC(=O)C1CNCO1. The summed E-state index contributed by atoms with van der Waals surface area (Å²) >= 11 is 0. The Hall–Kier alpha value is -3.21. The van der Waals surface area contributed by atoms with Gasteiger partial charge in [0, 0.05) is 18.4 Å². The van der Waals surface area contributed by atoms with E-state index in [1.54, 1.807) is 6.20 Å². The van der Waals surface area contributed by atoms with Gasteiger partial charge in [-0.05, 0) is 22.8 Å². The first-order valence-corrected chi connectivity index (χ1v) is 8.78. The Morgan fingerprint density at radius 2 is 2.11 bits per heavy atom. The van der Waals surface area contributed by atoms with Gasteiger partial charge in [0.05, 0.1) is 24.5 Å². The quantitative estimate of drug-likeness (QED) is 0.642. The van der Waals surface area contributed by atoms with E-state index in [2.05, 4.69) is 39.0 Å². The van der Waals surface area contributed by atoms with Crippen LogP contribution < -0.4 is 10.6 Å². The fourth-order valence-corrected chi connectivity index (χ4v) is 3.16. The Morgan fingerprint density at radius 3 is 2.85 bits per heavy atom. The lowest BCUT2D eigenvalue weighted by Gasteiger charge is -2.15. The molecular weight excluding hydrogens is 342 g/mol. The summed E-state index contributed by atoms with van der Waals surface area (Å²) in [6, 6.07) is 15.7. The van der Waals surface area contributed by atoms with Crippen molar-refractivity contribution in [2.24, 2.45) is 0 Å². The van der Waals surface area contributed by atoms with Gasteiger partial charge in [0.2, 0.25) is 0 Å². The lowest BCUT2D eigenvalue weighted by Crippen LogP contribution is -2.43. The number of rotatable bonds is 5. The van der Waals surface area contributed by atoms with E-state index in [1.807, 2.05) is 30.3 Å². The highest BCUT2D eigenvalue weighted by molar-refractivity contribution is 5.84. The van der Waals surface area contributed by atoms with Crippen LogP contribution >= 0.6 is 0 Å². The van der Waals surface area contributed by atoms with E-state index in [9.17, 15) is 10.1 Å².